The minimum atomic E-state index is -0.387. The third-order valence-electron chi connectivity index (χ3n) is 3.79. The number of aryl methyl sites for hydroxylation is 1. The van der Waals surface area contributed by atoms with E-state index < -0.39 is 0 Å². The fourth-order valence-electron chi connectivity index (χ4n) is 2.26. The number of thioether (sulfide) groups is 1. The lowest BCUT2D eigenvalue weighted by Gasteiger charge is -2.14. The molecule has 2 aromatic heterocycles. The maximum Gasteiger partial charge on any atom is 0.277 e. The second kappa shape index (κ2) is 7.65. The lowest BCUT2D eigenvalue weighted by molar-refractivity contribution is -0.115. The quantitative estimate of drug-likeness (QED) is 0.658. The van der Waals surface area contributed by atoms with Crippen molar-refractivity contribution in [2.45, 2.75) is 24.3 Å². The molecule has 1 atom stereocenters. The van der Waals surface area contributed by atoms with Gasteiger partial charge in [-0.1, -0.05) is 11.8 Å². The van der Waals surface area contributed by atoms with Crippen molar-refractivity contribution in [3.8, 4) is 11.5 Å². The maximum absolute atomic E-state index is 12.4. The van der Waals surface area contributed by atoms with Gasteiger partial charge in [0.1, 0.15) is 5.76 Å². The molecular formula is C18H20N4O3S. The van der Waals surface area contributed by atoms with Crippen molar-refractivity contribution in [2.75, 3.05) is 24.3 Å². The molecule has 0 aliphatic carbocycles. The van der Waals surface area contributed by atoms with Gasteiger partial charge in [-0.2, -0.15) is 0 Å². The number of benzene rings is 1. The fourth-order valence-corrected chi connectivity index (χ4v) is 2.95. The molecule has 0 spiro atoms. The van der Waals surface area contributed by atoms with Gasteiger partial charge in [-0.3, -0.25) is 4.79 Å². The molecule has 1 unspecified atom stereocenters. The minimum Gasteiger partial charge on any atom is -0.469 e. The highest BCUT2D eigenvalue weighted by Crippen LogP contribution is 2.28. The van der Waals surface area contributed by atoms with Crippen LogP contribution in [0.4, 0.5) is 11.4 Å². The van der Waals surface area contributed by atoms with E-state index in [-0.39, 0.29) is 11.2 Å². The zero-order valence-corrected chi connectivity index (χ0v) is 15.8. The first-order valence-electron chi connectivity index (χ1n) is 8.07. The molecular weight excluding hydrogens is 352 g/mol. The van der Waals surface area contributed by atoms with Crippen molar-refractivity contribution >= 4 is 29.0 Å². The number of amides is 1. The number of nitrogens with zero attached hydrogens (tertiary/aromatic N) is 3. The number of hydrogen-bond donors (Lipinski definition) is 1. The number of rotatable bonds is 6. The van der Waals surface area contributed by atoms with Gasteiger partial charge in [0, 0.05) is 25.5 Å². The number of aromatic nitrogens is 2. The summed E-state index contributed by atoms with van der Waals surface area (Å²) in [6, 6.07) is 9.41. The number of nitrogens with one attached hydrogen (secondary N) is 1. The summed E-state index contributed by atoms with van der Waals surface area (Å²) in [6.45, 7) is 3.62. The standard InChI is InChI=1S/C18H20N4O3S/c1-11-15(9-10-24-11)17-20-21-18(25-17)26-12(2)16(23)19-13-5-7-14(8-6-13)22(3)4/h5-10,12H,1-4H3,(H,19,23). The summed E-state index contributed by atoms with van der Waals surface area (Å²) in [5, 5.41) is 10.8. The molecule has 26 heavy (non-hydrogen) atoms. The van der Waals surface area contributed by atoms with Gasteiger partial charge in [0.15, 0.2) is 0 Å². The van der Waals surface area contributed by atoms with Crippen LogP contribution in [0.25, 0.3) is 11.5 Å². The van der Waals surface area contributed by atoms with E-state index in [2.05, 4.69) is 15.5 Å². The van der Waals surface area contributed by atoms with Crippen molar-refractivity contribution in [2.24, 2.45) is 0 Å². The van der Waals surface area contributed by atoms with Crippen molar-refractivity contribution < 1.29 is 13.6 Å². The molecule has 3 rings (SSSR count). The number of hydrogen-bond acceptors (Lipinski definition) is 7. The lowest BCUT2D eigenvalue weighted by Crippen LogP contribution is -2.22. The summed E-state index contributed by atoms with van der Waals surface area (Å²) < 4.78 is 10.9. The van der Waals surface area contributed by atoms with Gasteiger partial charge < -0.3 is 19.1 Å². The third kappa shape index (κ3) is 4.08. The van der Waals surface area contributed by atoms with Crippen molar-refractivity contribution in [3.63, 3.8) is 0 Å². The zero-order chi connectivity index (χ0) is 18.7. The molecule has 136 valence electrons. The Labute approximate surface area is 155 Å². The fraction of sp³-hybridized carbons (Fsp3) is 0.278. The summed E-state index contributed by atoms with van der Waals surface area (Å²) in [5.41, 5.74) is 2.56. The summed E-state index contributed by atoms with van der Waals surface area (Å²) in [4.78, 5) is 14.4. The molecule has 0 aliphatic rings. The second-order valence-corrected chi connectivity index (χ2v) is 7.25. The monoisotopic (exact) mass is 372 g/mol. The normalized spacial score (nSPS) is 12.0. The Morgan fingerprint density at radius 3 is 2.54 bits per heavy atom. The smallest absolute Gasteiger partial charge is 0.277 e. The number of furan rings is 1. The lowest BCUT2D eigenvalue weighted by atomic mass is 10.2. The summed E-state index contributed by atoms with van der Waals surface area (Å²) in [5.74, 6) is 0.953. The topological polar surface area (TPSA) is 84.4 Å². The van der Waals surface area contributed by atoms with Crippen molar-refractivity contribution in [1.82, 2.24) is 10.2 Å². The second-order valence-electron chi connectivity index (χ2n) is 5.95. The molecule has 2 heterocycles. The summed E-state index contributed by atoms with van der Waals surface area (Å²) in [7, 11) is 3.94. The number of carbonyl (C=O) groups excluding carboxylic acids is 1. The van der Waals surface area contributed by atoms with E-state index in [1.807, 2.05) is 50.2 Å². The molecule has 7 nitrogen and oxygen atoms in total. The van der Waals surface area contributed by atoms with Gasteiger partial charge in [0.2, 0.25) is 5.91 Å². The first-order valence-corrected chi connectivity index (χ1v) is 8.95. The average Bonchev–Trinajstić information content (AvgIpc) is 3.23. The van der Waals surface area contributed by atoms with Crippen LogP contribution in [0, 0.1) is 6.92 Å². The van der Waals surface area contributed by atoms with E-state index in [4.69, 9.17) is 8.83 Å². The molecule has 0 aliphatic heterocycles. The van der Waals surface area contributed by atoms with Gasteiger partial charge >= 0.3 is 0 Å². The molecule has 0 radical (unpaired) electrons. The van der Waals surface area contributed by atoms with Crippen LogP contribution in [0.5, 0.6) is 0 Å². The molecule has 0 saturated carbocycles. The van der Waals surface area contributed by atoms with Crippen LogP contribution in [0.1, 0.15) is 12.7 Å². The molecule has 3 aromatic rings. The Balaban J connectivity index is 1.61. The van der Waals surface area contributed by atoms with Crippen LogP contribution in [0.3, 0.4) is 0 Å². The maximum atomic E-state index is 12.4. The van der Waals surface area contributed by atoms with Crippen LogP contribution >= 0.6 is 11.8 Å². The predicted molar refractivity (Wildman–Crippen MR) is 101 cm³/mol. The molecule has 1 aromatic carbocycles. The molecule has 0 bridgehead atoms. The van der Waals surface area contributed by atoms with E-state index in [0.717, 1.165) is 16.9 Å². The van der Waals surface area contributed by atoms with Crippen LogP contribution in [0.2, 0.25) is 0 Å². The summed E-state index contributed by atoms with van der Waals surface area (Å²) in [6.07, 6.45) is 1.57. The Bertz CT molecular complexity index is 886. The SMILES string of the molecule is Cc1occc1-c1nnc(SC(C)C(=O)Nc2ccc(N(C)C)cc2)o1. The highest BCUT2D eigenvalue weighted by Gasteiger charge is 2.20. The molecule has 0 fully saturated rings. The van der Waals surface area contributed by atoms with Crippen LogP contribution in [-0.2, 0) is 4.79 Å². The number of carbonyl (C=O) groups is 1. The minimum absolute atomic E-state index is 0.133. The molecule has 8 heteroatoms. The van der Waals surface area contributed by atoms with E-state index in [1.165, 1.54) is 11.8 Å². The van der Waals surface area contributed by atoms with Gasteiger partial charge in [-0.25, -0.2) is 0 Å². The van der Waals surface area contributed by atoms with Crippen LogP contribution < -0.4 is 10.2 Å². The Morgan fingerprint density at radius 1 is 1.19 bits per heavy atom. The van der Waals surface area contributed by atoms with E-state index in [9.17, 15) is 4.79 Å². The van der Waals surface area contributed by atoms with Gasteiger partial charge in [-0.05, 0) is 44.2 Å². The van der Waals surface area contributed by atoms with Crippen LogP contribution in [-0.4, -0.2) is 35.4 Å². The summed E-state index contributed by atoms with van der Waals surface area (Å²) >= 11 is 1.21. The number of anilines is 2. The first kappa shape index (κ1) is 18.1. The molecule has 0 saturated heterocycles. The van der Waals surface area contributed by atoms with Gasteiger partial charge in [0.25, 0.3) is 11.1 Å². The Morgan fingerprint density at radius 2 is 1.92 bits per heavy atom. The predicted octanol–water partition coefficient (Wildman–Crippen LogP) is 3.82. The van der Waals surface area contributed by atoms with Gasteiger partial charge in [-0.15, -0.1) is 10.2 Å². The highest BCUT2D eigenvalue weighted by molar-refractivity contribution is 8.00. The van der Waals surface area contributed by atoms with E-state index in [0.29, 0.717) is 16.9 Å². The first-order chi connectivity index (χ1) is 12.4. The molecule has 1 N–H and O–H groups in total. The van der Waals surface area contributed by atoms with Crippen LogP contribution in [0.15, 0.2) is 50.7 Å². The third-order valence-corrected chi connectivity index (χ3v) is 4.73. The van der Waals surface area contributed by atoms with Crippen molar-refractivity contribution in [1.29, 1.82) is 0 Å². The van der Waals surface area contributed by atoms with Crippen molar-refractivity contribution in [3.05, 3.63) is 42.4 Å². The Kier molecular flexibility index (Phi) is 5.32. The highest BCUT2D eigenvalue weighted by atomic mass is 32.2. The average molecular weight is 372 g/mol. The Hall–Kier alpha value is -2.74. The molecule has 1 amide bonds. The zero-order valence-electron chi connectivity index (χ0n) is 15.0. The van der Waals surface area contributed by atoms with E-state index >= 15 is 0 Å². The van der Waals surface area contributed by atoms with Gasteiger partial charge in [0.05, 0.1) is 17.1 Å². The largest absolute Gasteiger partial charge is 0.469 e. The van der Waals surface area contributed by atoms with E-state index in [1.54, 1.807) is 19.3 Å².